The zero-order valence-corrected chi connectivity index (χ0v) is 15.6. The second-order valence-corrected chi connectivity index (χ2v) is 6.61. The Kier molecular flexibility index (Phi) is 5.45. The summed E-state index contributed by atoms with van der Waals surface area (Å²) in [6.45, 7) is 3.10. The Morgan fingerprint density at radius 1 is 1.33 bits per heavy atom. The number of pyridine rings is 1. The molecule has 3 rings (SSSR count). The molecule has 0 radical (unpaired) electrons. The van der Waals surface area contributed by atoms with Gasteiger partial charge in [0.05, 0.1) is 17.2 Å². The van der Waals surface area contributed by atoms with Gasteiger partial charge in [-0.05, 0) is 37.5 Å². The lowest BCUT2D eigenvalue weighted by Gasteiger charge is -2.09. The lowest BCUT2D eigenvalue weighted by atomic mass is 10.2. The SMILES string of the molecule is CCCc1nc2cnc3cc(Br)ccc3c2n1CCCC=NOC. The van der Waals surface area contributed by atoms with Crippen molar-refractivity contribution in [2.75, 3.05) is 7.11 Å². The number of imidazole rings is 1. The van der Waals surface area contributed by atoms with E-state index in [1.54, 1.807) is 7.11 Å². The summed E-state index contributed by atoms with van der Waals surface area (Å²) in [6.07, 6.45) is 7.62. The largest absolute Gasteiger partial charge is 0.399 e. The number of rotatable bonds is 7. The maximum Gasteiger partial charge on any atom is 0.109 e. The van der Waals surface area contributed by atoms with Gasteiger partial charge in [-0.15, -0.1) is 0 Å². The maximum atomic E-state index is 4.82. The van der Waals surface area contributed by atoms with E-state index in [2.05, 4.69) is 55.8 Å². The van der Waals surface area contributed by atoms with Crippen molar-refractivity contribution in [1.82, 2.24) is 14.5 Å². The quantitative estimate of drug-likeness (QED) is 0.334. The van der Waals surface area contributed by atoms with Crippen LogP contribution >= 0.6 is 15.9 Å². The van der Waals surface area contributed by atoms with Crippen molar-refractivity contribution in [3.8, 4) is 0 Å². The molecule has 5 nitrogen and oxygen atoms in total. The van der Waals surface area contributed by atoms with E-state index in [4.69, 9.17) is 9.82 Å². The van der Waals surface area contributed by atoms with Crippen LogP contribution in [0.25, 0.3) is 21.9 Å². The summed E-state index contributed by atoms with van der Waals surface area (Å²) < 4.78 is 3.38. The molecule has 3 aromatic rings. The van der Waals surface area contributed by atoms with E-state index >= 15 is 0 Å². The molecule has 0 spiro atoms. The smallest absolute Gasteiger partial charge is 0.109 e. The molecule has 0 saturated heterocycles. The Morgan fingerprint density at radius 2 is 2.21 bits per heavy atom. The Labute approximate surface area is 149 Å². The van der Waals surface area contributed by atoms with E-state index in [0.29, 0.717) is 0 Å². The van der Waals surface area contributed by atoms with Crippen LogP contribution in [0.5, 0.6) is 0 Å². The first-order chi connectivity index (χ1) is 11.7. The normalized spacial score (nSPS) is 11.8. The van der Waals surface area contributed by atoms with Crippen LogP contribution in [0.4, 0.5) is 0 Å². The van der Waals surface area contributed by atoms with Crippen molar-refractivity contribution >= 4 is 44.1 Å². The number of hydrogen-bond acceptors (Lipinski definition) is 4. The van der Waals surface area contributed by atoms with Gasteiger partial charge in [0.1, 0.15) is 18.5 Å². The average molecular weight is 389 g/mol. The summed E-state index contributed by atoms with van der Waals surface area (Å²) in [5, 5.41) is 4.96. The van der Waals surface area contributed by atoms with E-state index < -0.39 is 0 Å². The summed E-state index contributed by atoms with van der Waals surface area (Å²) in [4.78, 5) is 14.1. The van der Waals surface area contributed by atoms with Crippen molar-refractivity contribution < 1.29 is 4.84 Å². The lowest BCUT2D eigenvalue weighted by Crippen LogP contribution is -2.04. The number of hydrogen-bond donors (Lipinski definition) is 0. The molecule has 0 saturated carbocycles. The lowest BCUT2D eigenvalue weighted by molar-refractivity contribution is 0.214. The third-order valence-electron chi connectivity index (χ3n) is 3.98. The van der Waals surface area contributed by atoms with Crippen LogP contribution in [-0.4, -0.2) is 27.9 Å². The summed E-state index contributed by atoms with van der Waals surface area (Å²) >= 11 is 3.52. The molecule has 1 aromatic carbocycles. The number of nitrogens with zero attached hydrogens (tertiary/aromatic N) is 4. The molecule has 2 heterocycles. The summed E-state index contributed by atoms with van der Waals surface area (Å²) in [5.41, 5.74) is 3.14. The van der Waals surface area contributed by atoms with Crippen LogP contribution in [0.2, 0.25) is 0 Å². The monoisotopic (exact) mass is 388 g/mol. The first kappa shape index (κ1) is 16.9. The Hall–Kier alpha value is -1.95. The first-order valence-corrected chi connectivity index (χ1v) is 9.02. The summed E-state index contributed by atoms with van der Waals surface area (Å²) in [7, 11) is 1.57. The van der Waals surface area contributed by atoms with Gasteiger partial charge in [-0.1, -0.05) is 28.0 Å². The molecule has 0 atom stereocenters. The highest BCUT2D eigenvalue weighted by molar-refractivity contribution is 9.10. The number of benzene rings is 1. The Morgan fingerprint density at radius 3 is 3.00 bits per heavy atom. The van der Waals surface area contributed by atoms with Gasteiger partial charge in [0.15, 0.2) is 0 Å². The molecule has 0 aliphatic carbocycles. The predicted octanol–water partition coefficient (Wildman–Crippen LogP) is 4.71. The average Bonchev–Trinajstić information content (AvgIpc) is 2.92. The molecule has 0 unspecified atom stereocenters. The van der Waals surface area contributed by atoms with E-state index in [9.17, 15) is 0 Å². The van der Waals surface area contributed by atoms with E-state index in [1.807, 2.05) is 12.4 Å². The van der Waals surface area contributed by atoms with Gasteiger partial charge >= 0.3 is 0 Å². The van der Waals surface area contributed by atoms with E-state index in [1.165, 1.54) is 5.52 Å². The fourth-order valence-electron chi connectivity index (χ4n) is 2.96. The zero-order chi connectivity index (χ0) is 16.9. The molecule has 126 valence electrons. The highest BCUT2D eigenvalue weighted by Gasteiger charge is 2.13. The van der Waals surface area contributed by atoms with Crippen LogP contribution in [0.1, 0.15) is 32.0 Å². The summed E-state index contributed by atoms with van der Waals surface area (Å²) in [5.74, 6) is 1.13. The number of aromatic nitrogens is 3. The molecule has 2 aromatic heterocycles. The fourth-order valence-corrected chi connectivity index (χ4v) is 3.31. The number of unbranched alkanes of at least 4 members (excludes halogenated alkanes) is 1. The Balaban J connectivity index is 2.05. The van der Waals surface area contributed by atoms with Gasteiger partial charge in [0.25, 0.3) is 0 Å². The van der Waals surface area contributed by atoms with Crippen molar-refractivity contribution in [2.45, 2.75) is 39.2 Å². The van der Waals surface area contributed by atoms with Crippen LogP contribution in [0, 0.1) is 0 Å². The molecular weight excluding hydrogens is 368 g/mol. The molecule has 0 aliphatic rings. The highest BCUT2D eigenvalue weighted by atomic mass is 79.9. The second-order valence-electron chi connectivity index (χ2n) is 5.70. The van der Waals surface area contributed by atoms with Gasteiger partial charge < -0.3 is 9.40 Å². The van der Waals surface area contributed by atoms with Gasteiger partial charge in [-0.3, -0.25) is 4.98 Å². The Bertz CT molecular complexity index is 872. The van der Waals surface area contributed by atoms with Crippen LogP contribution in [-0.2, 0) is 17.8 Å². The zero-order valence-electron chi connectivity index (χ0n) is 14.0. The first-order valence-electron chi connectivity index (χ1n) is 8.23. The van der Waals surface area contributed by atoms with Crippen molar-refractivity contribution in [2.24, 2.45) is 5.16 Å². The molecule has 0 fully saturated rings. The van der Waals surface area contributed by atoms with Gasteiger partial charge in [0.2, 0.25) is 0 Å². The number of aryl methyl sites for hydroxylation is 2. The third-order valence-corrected chi connectivity index (χ3v) is 4.48. The van der Waals surface area contributed by atoms with Crippen LogP contribution in [0.3, 0.4) is 0 Å². The van der Waals surface area contributed by atoms with Gasteiger partial charge in [0, 0.05) is 29.0 Å². The minimum Gasteiger partial charge on any atom is -0.399 e. The van der Waals surface area contributed by atoms with Crippen LogP contribution < -0.4 is 0 Å². The third kappa shape index (κ3) is 3.43. The molecule has 0 amide bonds. The molecule has 0 aliphatic heterocycles. The highest BCUT2D eigenvalue weighted by Crippen LogP contribution is 2.27. The predicted molar refractivity (Wildman–Crippen MR) is 101 cm³/mol. The number of oxime groups is 1. The van der Waals surface area contributed by atoms with Crippen molar-refractivity contribution in [3.63, 3.8) is 0 Å². The molecule has 0 N–H and O–H groups in total. The maximum absolute atomic E-state index is 4.82. The molecule has 6 heteroatoms. The minimum atomic E-state index is 0.883. The molecular formula is C18H21BrN4O. The minimum absolute atomic E-state index is 0.883. The van der Waals surface area contributed by atoms with Gasteiger partial charge in [-0.2, -0.15) is 0 Å². The van der Waals surface area contributed by atoms with Crippen LogP contribution in [0.15, 0.2) is 34.0 Å². The topological polar surface area (TPSA) is 52.3 Å². The van der Waals surface area contributed by atoms with Crippen molar-refractivity contribution in [1.29, 1.82) is 0 Å². The number of halogens is 1. The van der Waals surface area contributed by atoms with Crippen molar-refractivity contribution in [3.05, 3.63) is 34.7 Å². The summed E-state index contributed by atoms with van der Waals surface area (Å²) in [6, 6.07) is 6.23. The standard InChI is InChI=1S/C18H21BrN4O/c1-3-6-17-22-16-12-20-15-11-13(19)7-8-14(15)18(16)23(17)10-5-4-9-21-24-2/h7-9,11-12H,3-6,10H2,1-2H3. The van der Waals surface area contributed by atoms with Gasteiger partial charge in [-0.25, -0.2) is 4.98 Å². The molecule has 0 bridgehead atoms. The number of fused-ring (bicyclic) bond motifs is 3. The fraction of sp³-hybridized carbons (Fsp3) is 0.389. The van der Waals surface area contributed by atoms with E-state index in [-0.39, 0.29) is 0 Å². The molecule has 24 heavy (non-hydrogen) atoms. The second kappa shape index (κ2) is 7.75. The van der Waals surface area contributed by atoms with E-state index in [0.717, 1.165) is 58.9 Å².